The maximum absolute atomic E-state index is 13.3. The number of halogens is 3. The van der Waals surface area contributed by atoms with Crippen LogP contribution < -0.4 is 5.32 Å². The maximum Gasteiger partial charge on any atom is 0.413 e. The highest BCUT2D eigenvalue weighted by Gasteiger charge is 2.45. The van der Waals surface area contributed by atoms with Gasteiger partial charge in [0, 0.05) is 13.1 Å². The second-order valence-electron chi connectivity index (χ2n) is 4.72. The van der Waals surface area contributed by atoms with Crippen molar-refractivity contribution in [2.24, 2.45) is 0 Å². The van der Waals surface area contributed by atoms with Crippen molar-refractivity contribution in [2.45, 2.75) is 19.1 Å². The fourth-order valence-corrected chi connectivity index (χ4v) is 2.01. The minimum atomic E-state index is -4.60. The molecule has 0 aliphatic rings. The first-order valence-electron chi connectivity index (χ1n) is 6.38. The van der Waals surface area contributed by atoms with Crippen molar-refractivity contribution in [1.29, 1.82) is 0 Å². The summed E-state index contributed by atoms with van der Waals surface area (Å²) in [4.78, 5) is 12.6. The zero-order valence-electron chi connectivity index (χ0n) is 11.9. The molecular weight excluding hydrogens is 299 g/mol. The summed E-state index contributed by atoms with van der Waals surface area (Å²) in [5, 5.41) is 5.78. The van der Waals surface area contributed by atoms with Crippen molar-refractivity contribution in [3.8, 4) is 0 Å². The number of hydrogen-bond acceptors (Lipinski definition) is 3. The Morgan fingerprint density at radius 2 is 1.95 bits per heavy atom. The molecule has 1 N–H and O–H groups in total. The molecule has 0 bridgehead atoms. The van der Waals surface area contributed by atoms with E-state index in [0.717, 1.165) is 7.05 Å². The van der Waals surface area contributed by atoms with Gasteiger partial charge in [0.25, 0.3) is 0 Å². The van der Waals surface area contributed by atoms with Crippen molar-refractivity contribution < 1.29 is 22.5 Å². The number of alkyl halides is 3. The average molecular weight is 313 g/mol. The highest BCUT2D eigenvalue weighted by molar-refractivity contribution is 5.88. The predicted molar refractivity (Wildman–Crippen MR) is 73.3 cm³/mol. The number of nitrogens with zero attached hydrogens (tertiary/aromatic N) is 2. The number of anilines is 1. The number of aromatic nitrogens is 1. The Bertz CT molecular complexity index is 640. The summed E-state index contributed by atoms with van der Waals surface area (Å²) in [6.45, 7) is 1.61. The molecule has 0 unspecified atom stereocenters. The fraction of sp³-hybridized carbons (Fsp3) is 0.286. The molecule has 22 heavy (non-hydrogen) atoms. The minimum absolute atomic E-state index is 0.0241. The van der Waals surface area contributed by atoms with E-state index in [1.54, 1.807) is 13.0 Å². The van der Waals surface area contributed by atoms with Gasteiger partial charge in [0.05, 0.1) is 0 Å². The lowest BCUT2D eigenvalue weighted by atomic mass is 10.1. The Morgan fingerprint density at radius 3 is 2.45 bits per heavy atom. The minimum Gasteiger partial charge on any atom is -0.360 e. The molecular formula is C14H14F3N3O2. The molecule has 5 nitrogen and oxygen atoms in total. The summed E-state index contributed by atoms with van der Waals surface area (Å²) in [6.07, 6.45) is -4.60. The van der Waals surface area contributed by atoms with E-state index in [2.05, 4.69) is 10.5 Å². The number of aryl methyl sites for hydroxylation is 1. The Hall–Kier alpha value is -2.51. The quantitative estimate of drug-likeness (QED) is 0.939. The molecule has 0 aliphatic carbocycles. The van der Waals surface area contributed by atoms with Crippen molar-refractivity contribution >= 4 is 11.8 Å². The number of rotatable bonds is 3. The van der Waals surface area contributed by atoms with E-state index < -0.39 is 18.2 Å². The van der Waals surface area contributed by atoms with Gasteiger partial charge in [-0.2, -0.15) is 13.2 Å². The van der Waals surface area contributed by atoms with Crippen LogP contribution in [0.3, 0.4) is 0 Å². The van der Waals surface area contributed by atoms with Gasteiger partial charge in [0.2, 0.25) is 0 Å². The maximum atomic E-state index is 13.3. The molecule has 8 heteroatoms. The van der Waals surface area contributed by atoms with Crippen molar-refractivity contribution in [2.75, 3.05) is 12.4 Å². The van der Waals surface area contributed by atoms with Gasteiger partial charge in [-0.05, 0) is 12.5 Å². The second kappa shape index (κ2) is 6.08. The average Bonchev–Trinajstić information content (AvgIpc) is 2.83. The number of benzene rings is 1. The number of nitrogens with one attached hydrogen (secondary N) is 1. The summed E-state index contributed by atoms with van der Waals surface area (Å²) < 4.78 is 44.7. The van der Waals surface area contributed by atoms with E-state index in [1.807, 2.05) is 0 Å². The standard InChI is InChI=1S/C14H14F3N3O2/c1-9-8-11(19-22-9)18-13(21)20(2)12(14(15,16)17)10-6-4-3-5-7-10/h3-8,12H,1-2H3,(H,18,19,21)/t12-/m0/s1. The van der Waals surface area contributed by atoms with E-state index in [4.69, 9.17) is 4.52 Å². The lowest BCUT2D eigenvalue weighted by Crippen LogP contribution is -2.42. The van der Waals surface area contributed by atoms with E-state index in [-0.39, 0.29) is 11.4 Å². The third-order valence-electron chi connectivity index (χ3n) is 3.00. The Labute approximate surface area is 124 Å². The smallest absolute Gasteiger partial charge is 0.360 e. The van der Waals surface area contributed by atoms with Crippen LogP contribution >= 0.6 is 0 Å². The molecule has 2 aromatic rings. The first-order valence-corrected chi connectivity index (χ1v) is 6.38. The zero-order chi connectivity index (χ0) is 16.3. The lowest BCUT2D eigenvalue weighted by molar-refractivity contribution is -0.175. The van der Waals surface area contributed by atoms with Crippen molar-refractivity contribution in [1.82, 2.24) is 10.1 Å². The van der Waals surface area contributed by atoms with E-state index in [9.17, 15) is 18.0 Å². The number of carbonyl (C=O) groups excluding carboxylic acids is 1. The molecule has 1 heterocycles. The molecule has 0 aliphatic heterocycles. The number of urea groups is 1. The van der Waals surface area contributed by atoms with Gasteiger partial charge in [-0.3, -0.25) is 5.32 Å². The summed E-state index contributed by atoms with van der Waals surface area (Å²) in [6, 6.07) is 5.65. The van der Waals surface area contributed by atoms with Gasteiger partial charge in [-0.1, -0.05) is 35.5 Å². The lowest BCUT2D eigenvalue weighted by Gasteiger charge is -2.30. The highest BCUT2D eigenvalue weighted by Crippen LogP contribution is 2.37. The van der Waals surface area contributed by atoms with Crippen LogP contribution in [-0.2, 0) is 0 Å². The summed E-state index contributed by atoms with van der Waals surface area (Å²) in [7, 11) is 1.08. The highest BCUT2D eigenvalue weighted by atomic mass is 19.4. The van der Waals surface area contributed by atoms with Gasteiger partial charge in [0.1, 0.15) is 5.76 Å². The number of hydrogen-bond donors (Lipinski definition) is 1. The van der Waals surface area contributed by atoms with Gasteiger partial charge < -0.3 is 9.42 Å². The predicted octanol–water partition coefficient (Wildman–Crippen LogP) is 3.75. The first-order chi connectivity index (χ1) is 10.3. The number of carbonyl (C=O) groups is 1. The molecule has 0 fully saturated rings. The van der Waals surface area contributed by atoms with Crippen molar-refractivity contribution in [3.63, 3.8) is 0 Å². The molecule has 1 aromatic carbocycles. The van der Waals surface area contributed by atoms with Crippen LogP contribution in [0.25, 0.3) is 0 Å². The van der Waals surface area contributed by atoms with Gasteiger partial charge >= 0.3 is 12.2 Å². The number of amides is 2. The third-order valence-corrected chi connectivity index (χ3v) is 3.00. The van der Waals surface area contributed by atoms with Crippen LogP contribution in [0.15, 0.2) is 40.9 Å². The van der Waals surface area contributed by atoms with Gasteiger partial charge in [-0.15, -0.1) is 0 Å². The Balaban J connectivity index is 2.22. The normalized spacial score (nSPS) is 12.8. The molecule has 2 amide bonds. The monoisotopic (exact) mass is 313 g/mol. The van der Waals surface area contributed by atoms with Crippen LogP contribution in [0.5, 0.6) is 0 Å². The van der Waals surface area contributed by atoms with Gasteiger partial charge in [-0.25, -0.2) is 4.79 Å². The molecule has 0 saturated carbocycles. The van der Waals surface area contributed by atoms with Crippen LogP contribution in [0.4, 0.5) is 23.8 Å². The first kappa shape index (κ1) is 15.9. The summed E-state index contributed by atoms with van der Waals surface area (Å²) in [5.74, 6) is 0.497. The summed E-state index contributed by atoms with van der Waals surface area (Å²) in [5.41, 5.74) is -0.0241. The van der Waals surface area contributed by atoms with Crippen LogP contribution in [0.1, 0.15) is 17.4 Å². The zero-order valence-corrected chi connectivity index (χ0v) is 11.9. The van der Waals surface area contributed by atoms with E-state index >= 15 is 0 Å². The molecule has 0 saturated heterocycles. The van der Waals surface area contributed by atoms with E-state index in [1.165, 1.54) is 30.3 Å². The van der Waals surface area contributed by atoms with Crippen LogP contribution in [0.2, 0.25) is 0 Å². The van der Waals surface area contributed by atoms with Crippen LogP contribution in [-0.4, -0.2) is 29.3 Å². The molecule has 1 aromatic heterocycles. The van der Waals surface area contributed by atoms with Crippen LogP contribution in [0, 0.1) is 6.92 Å². The summed E-state index contributed by atoms with van der Waals surface area (Å²) >= 11 is 0. The SMILES string of the molecule is Cc1cc(NC(=O)N(C)[C@@H](c2ccccc2)C(F)(F)F)no1. The largest absolute Gasteiger partial charge is 0.413 e. The molecule has 1 atom stereocenters. The third kappa shape index (κ3) is 3.57. The fourth-order valence-electron chi connectivity index (χ4n) is 2.01. The molecule has 0 radical (unpaired) electrons. The molecule has 118 valence electrons. The van der Waals surface area contributed by atoms with E-state index in [0.29, 0.717) is 10.7 Å². The molecule has 2 rings (SSSR count). The topological polar surface area (TPSA) is 58.4 Å². The second-order valence-corrected chi connectivity index (χ2v) is 4.72. The molecule has 0 spiro atoms. The Morgan fingerprint density at radius 1 is 1.32 bits per heavy atom. The van der Waals surface area contributed by atoms with Crippen molar-refractivity contribution in [3.05, 3.63) is 47.7 Å². The van der Waals surface area contributed by atoms with Gasteiger partial charge in [0.15, 0.2) is 11.9 Å². The Kier molecular flexibility index (Phi) is 4.39.